The number of hydrogen-bond acceptors (Lipinski definition) is 3. The van der Waals surface area contributed by atoms with E-state index in [4.69, 9.17) is 32.7 Å². The standard InChI is InChI=1S/C17H15Cl2NO3/c18-13-7-6-11(9-14(13)19)3-2-8-20-17(21)12-4-1-5-15-16(12)23-10-22-15/h1,4-7,9H,2-3,8,10H2,(H,20,21). The fraction of sp³-hybridized carbons (Fsp3) is 0.235. The van der Waals surface area contributed by atoms with Gasteiger partial charge in [0.05, 0.1) is 15.6 Å². The summed E-state index contributed by atoms with van der Waals surface area (Å²) < 4.78 is 10.6. The zero-order valence-corrected chi connectivity index (χ0v) is 13.8. The molecule has 0 spiro atoms. The number of halogens is 2. The number of benzene rings is 2. The van der Waals surface area contributed by atoms with E-state index in [1.807, 2.05) is 12.1 Å². The third-order valence-corrected chi connectivity index (χ3v) is 4.29. The van der Waals surface area contributed by atoms with Crippen molar-refractivity contribution in [2.24, 2.45) is 0 Å². The van der Waals surface area contributed by atoms with Gasteiger partial charge in [-0.2, -0.15) is 0 Å². The summed E-state index contributed by atoms with van der Waals surface area (Å²) in [5.74, 6) is 0.949. The van der Waals surface area contributed by atoms with Crippen LogP contribution in [0.2, 0.25) is 10.0 Å². The Bertz CT molecular complexity index is 734. The lowest BCUT2D eigenvalue weighted by molar-refractivity contribution is 0.0948. The summed E-state index contributed by atoms with van der Waals surface area (Å²) >= 11 is 11.9. The molecule has 6 heteroatoms. The van der Waals surface area contributed by atoms with Gasteiger partial charge in [0.15, 0.2) is 11.5 Å². The Labute approximate surface area is 144 Å². The van der Waals surface area contributed by atoms with Crippen LogP contribution in [0.3, 0.4) is 0 Å². The van der Waals surface area contributed by atoms with Crippen LogP contribution in [0.1, 0.15) is 22.3 Å². The number of rotatable bonds is 5. The molecule has 0 saturated carbocycles. The van der Waals surface area contributed by atoms with Crippen LogP contribution in [0.25, 0.3) is 0 Å². The van der Waals surface area contributed by atoms with E-state index in [0.717, 1.165) is 18.4 Å². The van der Waals surface area contributed by atoms with Gasteiger partial charge in [0.1, 0.15) is 0 Å². The second kappa shape index (κ2) is 7.11. The van der Waals surface area contributed by atoms with Gasteiger partial charge in [-0.15, -0.1) is 0 Å². The van der Waals surface area contributed by atoms with Gasteiger partial charge < -0.3 is 14.8 Å². The van der Waals surface area contributed by atoms with Crippen LogP contribution in [0.4, 0.5) is 0 Å². The molecule has 4 nitrogen and oxygen atoms in total. The number of aryl methyl sites for hydroxylation is 1. The molecule has 0 fully saturated rings. The minimum Gasteiger partial charge on any atom is -0.454 e. The minimum absolute atomic E-state index is 0.150. The highest BCUT2D eigenvalue weighted by atomic mass is 35.5. The first-order valence-corrected chi connectivity index (χ1v) is 8.01. The molecule has 1 heterocycles. The van der Waals surface area contributed by atoms with Crippen LogP contribution >= 0.6 is 23.2 Å². The molecular formula is C17H15Cl2NO3. The van der Waals surface area contributed by atoms with Crippen LogP contribution in [0, 0.1) is 0 Å². The number of nitrogens with one attached hydrogen (secondary N) is 1. The molecule has 0 atom stereocenters. The van der Waals surface area contributed by atoms with Crippen molar-refractivity contribution in [3.8, 4) is 11.5 Å². The zero-order chi connectivity index (χ0) is 16.2. The molecule has 3 rings (SSSR count). The van der Waals surface area contributed by atoms with Gasteiger partial charge in [-0.3, -0.25) is 4.79 Å². The molecule has 1 aliphatic rings. The van der Waals surface area contributed by atoms with Crippen LogP contribution < -0.4 is 14.8 Å². The Morgan fingerprint density at radius 3 is 2.83 bits per heavy atom. The van der Waals surface area contributed by atoms with Crippen LogP contribution in [0.5, 0.6) is 11.5 Å². The molecule has 0 radical (unpaired) electrons. The molecule has 120 valence electrons. The average Bonchev–Trinajstić information content (AvgIpc) is 3.03. The van der Waals surface area contributed by atoms with E-state index in [1.54, 1.807) is 24.3 Å². The first-order valence-electron chi connectivity index (χ1n) is 7.26. The van der Waals surface area contributed by atoms with Gasteiger partial charge in [0.25, 0.3) is 5.91 Å². The summed E-state index contributed by atoms with van der Waals surface area (Å²) in [6.45, 7) is 0.709. The number of carbonyl (C=O) groups excluding carboxylic acids is 1. The molecular weight excluding hydrogens is 337 g/mol. The number of carbonyl (C=O) groups is 1. The summed E-state index contributed by atoms with van der Waals surface area (Å²) in [6.07, 6.45) is 1.61. The van der Waals surface area contributed by atoms with E-state index < -0.39 is 0 Å². The van der Waals surface area contributed by atoms with Crippen LogP contribution in [0.15, 0.2) is 36.4 Å². The lowest BCUT2D eigenvalue weighted by Crippen LogP contribution is -2.25. The third kappa shape index (κ3) is 3.71. The minimum atomic E-state index is -0.165. The predicted octanol–water partition coefficient (Wildman–Crippen LogP) is 4.08. The van der Waals surface area contributed by atoms with Gasteiger partial charge in [-0.1, -0.05) is 35.3 Å². The van der Waals surface area contributed by atoms with Gasteiger partial charge in [-0.05, 0) is 42.7 Å². The first kappa shape index (κ1) is 16.0. The Hall–Kier alpha value is -1.91. The highest BCUT2D eigenvalue weighted by molar-refractivity contribution is 6.42. The van der Waals surface area contributed by atoms with Crippen molar-refractivity contribution in [3.63, 3.8) is 0 Å². The Kier molecular flexibility index (Phi) is 4.94. The summed E-state index contributed by atoms with van der Waals surface area (Å²) in [5.41, 5.74) is 1.58. The van der Waals surface area contributed by atoms with Crippen molar-refractivity contribution in [2.45, 2.75) is 12.8 Å². The summed E-state index contributed by atoms with van der Waals surface area (Å²) in [4.78, 5) is 12.2. The van der Waals surface area contributed by atoms with E-state index in [2.05, 4.69) is 5.32 Å². The fourth-order valence-corrected chi connectivity index (χ4v) is 2.71. The Morgan fingerprint density at radius 2 is 2.00 bits per heavy atom. The lowest BCUT2D eigenvalue weighted by atomic mass is 10.1. The SMILES string of the molecule is O=C(NCCCc1ccc(Cl)c(Cl)c1)c1cccc2c1OCO2. The maximum Gasteiger partial charge on any atom is 0.255 e. The van der Waals surface area contributed by atoms with E-state index >= 15 is 0 Å². The van der Waals surface area contributed by atoms with Gasteiger partial charge in [-0.25, -0.2) is 0 Å². The maximum absolute atomic E-state index is 12.2. The molecule has 23 heavy (non-hydrogen) atoms. The third-order valence-electron chi connectivity index (χ3n) is 3.55. The number of fused-ring (bicyclic) bond motifs is 1. The molecule has 0 aliphatic carbocycles. The normalized spacial score (nSPS) is 12.3. The van der Waals surface area contributed by atoms with Crippen LogP contribution in [-0.2, 0) is 6.42 Å². The van der Waals surface area contributed by atoms with Crippen molar-refractivity contribution in [1.82, 2.24) is 5.32 Å². The van der Waals surface area contributed by atoms with E-state index in [0.29, 0.717) is 33.7 Å². The smallest absolute Gasteiger partial charge is 0.255 e. The lowest BCUT2D eigenvalue weighted by Gasteiger charge is -2.08. The molecule has 1 aliphatic heterocycles. The van der Waals surface area contributed by atoms with Crippen molar-refractivity contribution in [1.29, 1.82) is 0 Å². The highest BCUT2D eigenvalue weighted by Gasteiger charge is 2.21. The Morgan fingerprint density at radius 1 is 1.13 bits per heavy atom. The second-order valence-electron chi connectivity index (χ2n) is 5.15. The molecule has 2 aromatic carbocycles. The largest absolute Gasteiger partial charge is 0.454 e. The number of amides is 1. The summed E-state index contributed by atoms with van der Waals surface area (Å²) in [6, 6.07) is 10.8. The maximum atomic E-state index is 12.2. The molecule has 0 saturated heterocycles. The summed E-state index contributed by atoms with van der Waals surface area (Å²) in [5, 5.41) is 3.98. The van der Waals surface area contributed by atoms with Gasteiger partial charge in [0.2, 0.25) is 6.79 Å². The van der Waals surface area contributed by atoms with Crippen molar-refractivity contribution in [3.05, 3.63) is 57.6 Å². The van der Waals surface area contributed by atoms with E-state index in [1.165, 1.54) is 0 Å². The molecule has 1 amide bonds. The molecule has 0 bridgehead atoms. The number of ether oxygens (including phenoxy) is 2. The van der Waals surface area contributed by atoms with Crippen molar-refractivity contribution < 1.29 is 14.3 Å². The average molecular weight is 352 g/mol. The highest BCUT2D eigenvalue weighted by Crippen LogP contribution is 2.35. The Balaban J connectivity index is 1.52. The fourth-order valence-electron chi connectivity index (χ4n) is 2.39. The molecule has 1 N–H and O–H groups in total. The van der Waals surface area contributed by atoms with Crippen molar-refractivity contribution in [2.75, 3.05) is 13.3 Å². The topological polar surface area (TPSA) is 47.6 Å². The zero-order valence-electron chi connectivity index (χ0n) is 12.3. The van der Waals surface area contributed by atoms with Crippen molar-refractivity contribution >= 4 is 29.1 Å². The molecule has 2 aromatic rings. The monoisotopic (exact) mass is 351 g/mol. The van der Waals surface area contributed by atoms with E-state index in [9.17, 15) is 4.79 Å². The first-order chi connectivity index (χ1) is 11.1. The van der Waals surface area contributed by atoms with Gasteiger partial charge >= 0.3 is 0 Å². The second-order valence-corrected chi connectivity index (χ2v) is 5.96. The van der Waals surface area contributed by atoms with Gasteiger partial charge in [0, 0.05) is 6.54 Å². The van der Waals surface area contributed by atoms with E-state index in [-0.39, 0.29) is 12.7 Å². The van der Waals surface area contributed by atoms with Crippen LogP contribution in [-0.4, -0.2) is 19.2 Å². The number of para-hydroxylation sites is 1. The predicted molar refractivity (Wildman–Crippen MR) is 89.7 cm³/mol. The molecule has 0 unspecified atom stereocenters. The quantitative estimate of drug-likeness (QED) is 0.825. The number of hydrogen-bond donors (Lipinski definition) is 1. The molecule has 0 aromatic heterocycles. The summed E-state index contributed by atoms with van der Waals surface area (Å²) in [7, 11) is 0.